The number of benzene rings is 3. The highest BCUT2D eigenvalue weighted by molar-refractivity contribution is 6.33. The minimum atomic E-state index is 0.114. The van der Waals surface area contributed by atoms with Gasteiger partial charge in [-0.2, -0.15) is 0 Å². The maximum Gasteiger partial charge on any atom is 0.0690 e. The highest BCUT2D eigenvalue weighted by Crippen LogP contribution is 2.26. The van der Waals surface area contributed by atoms with Crippen LogP contribution >= 0.6 is 0 Å². The fourth-order valence-electron chi connectivity index (χ4n) is 2.93. The van der Waals surface area contributed by atoms with Crippen molar-refractivity contribution in [2.45, 2.75) is 26.2 Å². The third-order valence-electron chi connectivity index (χ3n) is 4.50. The van der Waals surface area contributed by atoms with E-state index >= 15 is 0 Å². The molecule has 0 aliphatic carbocycles. The topological polar surface area (TPSA) is 23.9 Å². The molecule has 0 unspecified atom stereocenters. The molecule has 0 fully saturated rings. The van der Waals surface area contributed by atoms with Gasteiger partial charge in [-0.3, -0.25) is 5.41 Å². The summed E-state index contributed by atoms with van der Waals surface area (Å²) < 4.78 is 0. The first-order valence-electron chi connectivity index (χ1n) is 8.97. The number of allylic oxidation sites excluding steroid dienone is 1. The molecule has 1 nitrogen and oxygen atoms in total. The van der Waals surface area contributed by atoms with E-state index in [1.165, 1.54) is 5.56 Å². The Bertz CT molecular complexity index is 896. The summed E-state index contributed by atoms with van der Waals surface area (Å²) in [7, 11) is 0. The highest BCUT2D eigenvalue weighted by atomic mass is 14.4. The van der Waals surface area contributed by atoms with Crippen LogP contribution in [0.1, 0.15) is 43.0 Å². The number of rotatable bonds is 4. The zero-order valence-electron chi connectivity index (χ0n) is 15.7. The zero-order chi connectivity index (χ0) is 18.6. The van der Waals surface area contributed by atoms with E-state index in [2.05, 4.69) is 75.4 Å². The van der Waals surface area contributed by atoms with Gasteiger partial charge in [0.2, 0.25) is 0 Å². The van der Waals surface area contributed by atoms with E-state index in [4.69, 9.17) is 5.41 Å². The number of hydrogen-bond acceptors (Lipinski definition) is 1. The second-order valence-corrected chi connectivity index (χ2v) is 7.54. The molecule has 0 saturated carbocycles. The smallest absolute Gasteiger partial charge is 0.0690 e. The van der Waals surface area contributed by atoms with Crippen LogP contribution in [-0.4, -0.2) is 5.71 Å². The lowest BCUT2D eigenvalue weighted by molar-refractivity contribution is 0.590. The standard InChI is InChI=1S/C25H25N/c1-25(2,3)22-16-14-21(15-17-22)24(26)23(20-12-8-5-9-13-20)18-19-10-6-4-7-11-19/h4-18,26H,1-3H3. The Morgan fingerprint density at radius 2 is 1.23 bits per heavy atom. The second-order valence-electron chi connectivity index (χ2n) is 7.54. The first-order chi connectivity index (χ1) is 12.4. The summed E-state index contributed by atoms with van der Waals surface area (Å²) in [6.07, 6.45) is 2.09. The summed E-state index contributed by atoms with van der Waals surface area (Å²) >= 11 is 0. The number of nitrogens with one attached hydrogen (secondary N) is 1. The van der Waals surface area contributed by atoms with Gasteiger partial charge in [-0.1, -0.05) is 106 Å². The van der Waals surface area contributed by atoms with Gasteiger partial charge in [-0.05, 0) is 28.2 Å². The van der Waals surface area contributed by atoms with Crippen molar-refractivity contribution in [3.63, 3.8) is 0 Å². The Morgan fingerprint density at radius 1 is 0.692 bits per heavy atom. The van der Waals surface area contributed by atoms with Crippen molar-refractivity contribution in [3.05, 3.63) is 107 Å². The van der Waals surface area contributed by atoms with Gasteiger partial charge < -0.3 is 0 Å². The van der Waals surface area contributed by atoms with E-state index in [0.717, 1.165) is 22.3 Å². The minimum Gasteiger partial charge on any atom is -0.300 e. The molecule has 3 aromatic carbocycles. The molecule has 0 heterocycles. The third-order valence-corrected chi connectivity index (χ3v) is 4.50. The van der Waals surface area contributed by atoms with E-state index in [-0.39, 0.29) is 5.41 Å². The number of hydrogen-bond donors (Lipinski definition) is 1. The molecular weight excluding hydrogens is 314 g/mol. The van der Waals surface area contributed by atoms with Crippen LogP contribution in [0.4, 0.5) is 0 Å². The largest absolute Gasteiger partial charge is 0.300 e. The van der Waals surface area contributed by atoms with E-state index in [1.807, 2.05) is 36.4 Å². The Labute approximate surface area is 156 Å². The molecule has 1 N–H and O–H groups in total. The molecule has 3 aromatic rings. The Kier molecular flexibility index (Phi) is 5.18. The van der Waals surface area contributed by atoms with Crippen LogP contribution in [0.25, 0.3) is 11.6 Å². The van der Waals surface area contributed by atoms with Crippen LogP contribution in [0.3, 0.4) is 0 Å². The molecule has 0 aliphatic rings. The van der Waals surface area contributed by atoms with Crippen LogP contribution in [-0.2, 0) is 5.41 Å². The van der Waals surface area contributed by atoms with E-state index in [0.29, 0.717) is 5.71 Å². The quantitative estimate of drug-likeness (QED) is 0.409. The van der Waals surface area contributed by atoms with Crippen LogP contribution in [0.15, 0.2) is 84.9 Å². The molecule has 1 heteroatoms. The van der Waals surface area contributed by atoms with Gasteiger partial charge in [-0.25, -0.2) is 0 Å². The summed E-state index contributed by atoms with van der Waals surface area (Å²) in [5.74, 6) is 0. The predicted octanol–water partition coefficient (Wildman–Crippen LogP) is 6.59. The molecule has 0 aliphatic heterocycles. The normalized spacial score (nSPS) is 12.0. The molecule has 0 radical (unpaired) electrons. The molecule has 0 atom stereocenters. The monoisotopic (exact) mass is 339 g/mol. The van der Waals surface area contributed by atoms with E-state index in [9.17, 15) is 0 Å². The molecule has 0 amide bonds. The highest BCUT2D eigenvalue weighted by Gasteiger charge is 2.15. The maximum atomic E-state index is 8.83. The summed E-state index contributed by atoms with van der Waals surface area (Å²) in [5.41, 5.74) is 5.96. The lowest BCUT2D eigenvalue weighted by Gasteiger charge is -2.19. The predicted molar refractivity (Wildman–Crippen MR) is 113 cm³/mol. The molecule has 0 bridgehead atoms. The van der Waals surface area contributed by atoms with Crippen molar-refractivity contribution in [1.82, 2.24) is 0 Å². The van der Waals surface area contributed by atoms with Crippen molar-refractivity contribution < 1.29 is 0 Å². The Hall–Kier alpha value is -2.93. The SMILES string of the molecule is CC(C)(C)c1ccc(C(=N)C(=Cc2ccccc2)c2ccccc2)cc1. The van der Waals surface area contributed by atoms with Crippen molar-refractivity contribution in [2.75, 3.05) is 0 Å². The molecular formula is C25H25N. The summed E-state index contributed by atoms with van der Waals surface area (Å²) in [6, 6.07) is 28.7. The van der Waals surface area contributed by atoms with Crippen molar-refractivity contribution in [3.8, 4) is 0 Å². The van der Waals surface area contributed by atoms with Crippen molar-refractivity contribution in [1.29, 1.82) is 5.41 Å². The van der Waals surface area contributed by atoms with Crippen LogP contribution < -0.4 is 0 Å². The van der Waals surface area contributed by atoms with Crippen LogP contribution in [0, 0.1) is 5.41 Å². The van der Waals surface area contributed by atoms with Gasteiger partial charge in [0, 0.05) is 11.1 Å². The molecule has 0 spiro atoms. The van der Waals surface area contributed by atoms with Gasteiger partial charge in [0.05, 0.1) is 5.71 Å². The molecule has 26 heavy (non-hydrogen) atoms. The first-order valence-corrected chi connectivity index (χ1v) is 8.97. The van der Waals surface area contributed by atoms with E-state index in [1.54, 1.807) is 0 Å². The lowest BCUT2D eigenvalue weighted by atomic mass is 9.85. The van der Waals surface area contributed by atoms with Crippen molar-refractivity contribution in [2.24, 2.45) is 0 Å². The van der Waals surface area contributed by atoms with E-state index < -0.39 is 0 Å². The molecule has 3 rings (SSSR count). The lowest BCUT2D eigenvalue weighted by Crippen LogP contribution is -2.11. The van der Waals surface area contributed by atoms with Gasteiger partial charge in [-0.15, -0.1) is 0 Å². The second kappa shape index (κ2) is 7.53. The molecule has 0 aromatic heterocycles. The van der Waals surface area contributed by atoms with Gasteiger partial charge in [0.25, 0.3) is 0 Å². The first kappa shape index (κ1) is 17.9. The average Bonchev–Trinajstić information content (AvgIpc) is 2.66. The summed E-state index contributed by atoms with van der Waals surface area (Å²) in [4.78, 5) is 0. The molecule has 0 saturated heterocycles. The summed E-state index contributed by atoms with van der Waals surface area (Å²) in [5, 5.41) is 8.83. The maximum absolute atomic E-state index is 8.83. The Balaban J connectivity index is 2.02. The third kappa shape index (κ3) is 4.18. The zero-order valence-corrected chi connectivity index (χ0v) is 15.7. The molecule has 130 valence electrons. The fourth-order valence-corrected chi connectivity index (χ4v) is 2.93. The average molecular weight is 339 g/mol. The minimum absolute atomic E-state index is 0.114. The van der Waals surface area contributed by atoms with Crippen molar-refractivity contribution >= 4 is 17.4 Å². The van der Waals surface area contributed by atoms with Crippen LogP contribution in [0.2, 0.25) is 0 Å². The van der Waals surface area contributed by atoms with Gasteiger partial charge in [0.15, 0.2) is 0 Å². The van der Waals surface area contributed by atoms with Crippen LogP contribution in [0.5, 0.6) is 0 Å². The van der Waals surface area contributed by atoms with Gasteiger partial charge >= 0.3 is 0 Å². The van der Waals surface area contributed by atoms with Gasteiger partial charge in [0.1, 0.15) is 0 Å². The Morgan fingerprint density at radius 3 is 1.77 bits per heavy atom. The summed E-state index contributed by atoms with van der Waals surface area (Å²) in [6.45, 7) is 6.62. The fraction of sp³-hybridized carbons (Fsp3) is 0.160.